The second-order valence-electron chi connectivity index (χ2n) is 4.16. The number of hydrogen-bond acceptors (Lipinski definition) is 1. The van der Waals surface area contributed by atoms with Gasteiger partial charge in [0.15, 0.2) is 0 Å². The molecular formula is C12H15NS. The molecule has 74 valence electrons. The molecule has 1 aromatic rings. The van der Waals surface area contributed by atoms with Crippen molar-refractivity contribution in [2.24, 2.45) is 11.1 Å². The standard InChI is InChI=1S/C12H15NS/c13-11(14)12(7-4-8-12)9-10-5-2-1-3-6-10/h1-3,5-6H,4,7-9H2,(H2,13,14). The molecule has 0 radical (unpaired) electrons. The summed E-state index contributed by atoms with van der Waals surface area (Å²) in [6.45, 7) is 0. The second-order valence-corrected chi connectivity index (χ2v) is 4.60. The average molecular weight is 205 g/mol. The van der Waals surface area contributed by atoms with Gasteiger partial charge in [-0.25, -0.2) is 0 Å². The van der Waals surface area contributed by atoms with Crippen molar-refractivity contribution in [3.8, 4) is 0 Å². The third kappa shape index (κ3) is 1.67. The van der Waals surface area contributed by atoms with Crippen LogP contribution in [0.25, 0.3) is 0 Å². The predicted molar refractivity (Wildman–Crippen MR) is 63.2 cm³/mol. The highest BCUT2D eigenvalue weighted by atomic mass is 32.1. The first-order valence-corrected chi connectivity index (χ1v) is 5.48. The van der Waals surface area contributed by atoms with Gasteiger partial charge in [0.1, 0.15) is 0 Å². The van der Waals surface area contributed by atoms with Crippen molar-refractivity contribution in [2.45, 2.75) is 25.7 Å². The number of rotatable bonds is 3. The number of thiocarbonyl (C=S) groups is 1. The van der Waals surface area contributed by atoms with E-state index in [9.17, 15) is 0 Å². The molecule has 0 unspecified atom stereocenters. The van der Waals surface area contributed by atoms with E-state index in [-0.39, 0.29) is 5.41 Å². The highest BCUT2D eigenvalue weighted by molar-refractivity contribution is 7.80. The van der Waals surface area contributed by atoms with E-state index in [0.717, 1.165) is 19.3 Å². The van der Waals surface area contributed by atoms with Gasteiger partial charge in [-0.3, -0.25) is 0 Å². The minimum Gasteiger partial charge on any atom is -0.393 e. The van der Waals surface area contributed by atoms with Crippen LogP contribution in [0.4, 0.5) is 0 Å². The highest BCUT2D eigenvalue weighted by Crippen LogP contribution is 2.43. The van der Waals surface area contributed by atoms with Gasteiger partial charge in [-0.15, -0.1) is 0 Å². The molecule has 1 aromatic carbocycles. The molecule has 2 N–H and O–H groups in total. The van der Waals surface area contributed by atoms with Crippen LogP contribution in [0.3, 0.4) is 0 Å². The lowest BCUT2D eigenvalue weighted by Gasteiger charge is -2.41. The van der Waals surface area contributed by atoms with E-state index in [1.165, 1.54) is 12.0 Å². The third-order valence-electron chi connectivity index (χ3n) is 3.22. The van der Waals surface area contributed by atoms with Crippen LogP contribution < -0.4 is 5.73 Å². The summed E-state index contributed by atoms with van der Waals surface area (Å²) in [6, 6.07) is 10.5. The van der Waals surface area contributed by atoms with Crippen molar-refractivity contribution < 1.29 is 0 Å². The Balaban J connectivity index is 2.13. The van der Waals surface area contributed by atoms with Crippen LogP contribution in [-0.4, -0.2) is 4.99 Å². The molecule has 0 aliphatic heterocycles. The lowest BCUT2D eigenvalue weighted by molar-refractivity contribution is 0.233. The molecular weight excluding hydrogens is 190 g/mol. The predicted octanol–water partition coefficient (Wildman–Crippen LogP) is 2.69. The van der Waals surface area contributed by atoms with E-state index < -0.39 is 0 Å². The third-order valence-corrected chi connectivity index (χ3v) is 3.65. The van der Waals surface area contributed by atoms with Crippen molar-refractivity contribution >= 4 is 17.2 Å². The molecule has 0 heterocycles. The molecule has 1 fully saturated rings. The van der Waals surface area contributed by atoms with Crippen molar-refractivity contribution in [3.63, 3.8) is 0 Å². The lowest BCUT2D eigenvalue weighted by atomic mass is 9.65. The molecule has 2 heteroatoms. The molecule has 1 aliphatic rings. The summed E-state index contributed by atoms with van der Waals surface area (Å²) in [6.07, 6.45) is 4.61. The maximum absolute atomic E-state index is 5.81. The number of benzene rings is 1. The Kier molecular flexibility index (Phi) is 2.55. The summed E-state index contributed by atoms with van der Waals surface area (Å²) in [5.41, 5.74) is 7.29. The zero-order valence-electron chi connectivity index (χ0n) is 8.20. The van der Waals surface area contributed by atoms with Crippen molar-refractivity contribution in [2.75, 3.05) is 0 Å². The maximum Gasteiger partial charge on any atom is 0.0793 e. The Bertz CT molecular complexity index is 327. The SMILES string of the molecule is NC(=S)C1(Cc2ccccc2)CCC1. The van der Waals surface area contributed by atoms with Gasteiger partial charge >= 0.3 is 0 Å². The summed E-state index contributed by atoms with van der Waals surface area (Å²) in [4.78, 5) is 0.701. The minimum atomic E-state index is 0.136. The minimum absolute atomic E-state index is 0.136. The topological polar surface area (TPSA) is 26.0 Å². The quantitative estimate of drug-likeness (QED) is 0.768. The molecule has 1 nitrogen and oxygen atoms in total. The molecule has 1 saturated carbocycles. The van der Waals surface area contributed by atoms with Gasteiger partial charge in [0.05, 0.1) is 4.99 Å². The monoisotopic (exact) mass is 205 g/mol. The largest absolute Gasteiger partial charge is 0.393 e. The van der Waals surface area contributed by atoms with Gasteiger partial charge < -0.3 is 5.73 Å². The summed E-state index contributed by atoms with van der Waals surface area (Å²) in [5, 5.41) is 0. The normalized spacial score (nSPS) is 18.6. The van der Waals surface area contributed by atoms with Gasteiger partial charge in [-0.1, -0.05) is 49.0 Å². The lowest BCUT2D eigenvalue weighted by Crippen LogP contribution is -2.43. The number of hydrogen-bond donors (Lipinski definition) is 1. The van der Waals surface area contributed by atoms with Crippen LogP contribution in [0.5, 0.6) is 0 Å². The second kappa shape index (κ2) is 3.70. The van der Waals surface area contributed by atoms with Crippen molar-refractivity contribution in [1.29, 1.82) is 0 Å². The van der Waals surface area contributed by atoms with E-state index >= 15 is 0 Å². The van der Waals surface area contributed by atoms with Crippen LogP contribution in [0.2, 0.25) is 0 Å². The summed E-state index contributed by atoms with van der Waals surface area (Å²) in [5.74, 6) is 0. The molecule has 0 atom stereocenters. The van der Waals surface area contributed by atoms with Crippen molar-refractivity contribution in [1.82, 2.24) is 0 Å². The van der Waals surface area contributed by atoms with Crippen LogP contribution >= 0.6 is 12.2 Å². The van der Waals surface area contributed by atoms with Crippen LogP contribution in [0.1, 0.15) is 24.8 Å². The molecule has 2 rings (SSSR count). The van der Waals surface area contributed by atoms with E-state index in [4.69, 9.17) is 18.0 Å². The fourth-order valence-corrected chi connectivity index (χ4v) is 2.38. The number of nitrogens with two attached hydrogens (primary N) is 1. The first-order chi connectivity index (χ1) is 6.73. The summed E-state index contributed by atoms with van der Waals surface area (Å²) < 4.78 is 0. The Morgan fingerprint density at radius 3 is 2.36 bits per heavy atom. The molecule has 0 spiro atoms. The van der Waals surface area contributed by atoms with Crippen molar-refractivity contribution in [3.05, 3.63) is 35.9 Å². The molecule has 0 bridgehead atoms. The fourth-order valence-electron chi connectivity index (χ4n) is 2.10. The summed E-state index contributed by atoms with van der Waals surface area (Å²) in [7, 11) is 0. The van der Waals surface area contributed by atoms with Crippen LogP contribution in [0.15, 0.2) is 30.3 Å². The molecule has 14 heavy (non-hydrogen) atoms. The van der Waals surface area contributed by atoms with Gasteiger partial charge in [0.2, 0.25) is 0 Å². The van der Waals surface area contributed by atoms with Gasteiger partial charge in [0.25, 0.3) is 0 Å². The first-order valence-electron chi connectivity index (χ1n) is 5.07. The van der Waals surface area contributed by atoms with Gasteiger partial charge in [0, 0.05) is 5.41 Å². The average Bonchev–Trinajstić information content (AvgIpc) is 2.12. The van der Waals surface area contributed by atoms with Crippen LogP contribution in [0, 0.1) is 5.41 Å². The molecule has 0 amide bonds. The Hall–Kier alpha value is -0.890. The molecule has 0 saturated heterocycles. The highest BCUT2D eigenvalue weighted by Gasteiger charge is 2.39. The van der Waals surface area contributed by atoms with Gasteiger partial charge in [-0.05, 0) is 24.8 Å². The Morgan fingerprint density at radius 1 is 1.29 bits per heavy atom. The van der Waals surface area contributed by atoms with Gasteiger partial charge in [-0.2, -0.15) is 0 Å². The zero-order valence-corrected chi connectivity index (χ0v) is 9.02. The Morgan fingerprint density at radius 2 is 1.93 bits per heavy atom. The smallest absolute Gasteiger partial charge is 0.0793 e. The Labute approximate surface area is 90.3 Å². The maximum atomic E-state index is 5.81. The summed E-state index contributed by atoms with van der Waals surface area (Å²) >= 11 is 5.16. The van der Waals surface area contributed by atoms with E-state index in [1.54, 1.807) is 0 Å². The van der Waals surface area contributed by atoms with E-state index in [1.807, 2.05) is 6.07 Å². The zero-order chi connectivity index (χ0) is 10.0. The van der Waals surface area contributed by atoms with E-state index in [2.05, 4.69) is 24.3 Å². The fraction of sp³-hybridized carbons (Fsp3) is 0.417. The molecule has 0 aromatic heterocycles. The first kappa shape index (κ1) is 9.66. The van der Waals surface area contributed by atoms with Crippen LogP contribution in [-0.2, 0) is 6.42 Å². The van der Waals surface area contributed by atoms with E-state index in [0.29, 0.717) is 4.99 Å². The molecule has 1 aliphatic carbocycles.